The fraction of sp³-hybridized carbons (Fsp3) is 0.650. The Morgan fingerprint density at radius 3 is 2.57 bits per heavy atom. The average Bonchev–Trinajstić information content (AvgIpc) is 2.68. The molecule has 2 N–H and O–H groups in total. The van der Waals surface area contributed by atoms with E-state index >= 15 is 0 Å². The van der Waals surface area contributed by atoms with Gasteiger partial charge < -0.3 is 20.4 Å². The molecule has 156 valence electrons. The van der Waals surface area contributed by atoms with Gasteiger partial charge in [0, 0.05) is 53.9 Å². The summed E-state index contributed by atoms with van der Waals surface area (Å²) in [4.78, 5) is 27.1. The van der Waals surface area contributed by atoms with Gasteiger partial charge in [-0.15, -0.1) is 0 Å². The standard InChI is InChI=1S/C20H35N7O/c1-6-21-20(22-14-17-8-7-9-18(23-17)25(2)3)24-16-10-12-27(13-11-16)15-19(28)26(4)5/h7-9,16H,6,10-15H2,1-5H3,(H2,21,22,24). The van der Waals surface area contributed by atoms with Gasteiger partial charge in [-0.1, -0.05) is 6.07 Å². The third-order valence-electron chi connectivity index (χ3n) is 4.78. The molecule has 2 heterocycles. The first-order valence-electron chi connectivity index (χ1n) is 9.99. The zero-order valence-electron chi connectivity index (χ0n) is 17.9. The Kier molecular flexibility index (Phi) is 8.50. The number of piperidine rings is 1. The molecule has 1 amide bonds. The molecule has 2 rings (SSSR count). The monoisotopic (exact) mass is 389 g/mol. The third-order valence-corrected chi connectivity index (χ3v) is 4.78. The number of anilines is 1. The number of carbonyl (C=O) groups excluding carboxylic acids is 1. The molecule has 0 bridgehead atoms. The quantitative estimate of drug-likeness (QED) is 0.530. The Labute approximate surface area is 169 Å². The second-order valence-corrected chi connectivity index (χ2v) is 7.56. The van der Waals surface area contributed by atoms with E-state index in [-0.39, 0.29) is 5.91 Å². The molecule has 0 saturated carbocycles. The second-order valence-electron chi connectivity index (χ2n) is 7.56. The minimum Gasteiger partial charge on any atom is -0.363 e. The van der Waals surface area contributed by atoms with Crippen molar-refractivity contribution < 1.29 is 4.79 Å². The Hall–Kier alpha value is -2.35. The zero-order chi connectivity index (χ0) is 20.5. The summed E-state index contributed by atoms with van der Waals surface area (Å²) in [7, 11) is 7.58. The fourth-order valence-corrected chi connectivity index (χ4v) is 3.05. The first kappa shape index (κ1) is 21.9. The minimum absolute atomic E-state index is 0.161. The van der Waals surface area contributed by atoms with E-state index in [9.17, 15) is 4.79 Å². The maximum absolute atomic E-state index is 11.9. The highest BCUT2D eigenvalue weighted by atomic mass is 16.2. The van der Waals surface area contributed by atoms with E-state index in [1.807, 2.05) is 37.2 Å². The highest BCUT2D eigenvalue weighted by Gasteiger charge is 2.22. The predicted octanol–water partition coefficient (Wildman–Crippen LogP) is 0.755. The van der Waals surface area contributed by atoms with Crippen LogP contribution in [0.4, 0.5) is 5.82 Å². The van der Waals surface area contributed by atoms with Gasteiger partial charge in [-0.3, -0.25) is 9.69 Å². The smallest absolute Gasteiger partial charge is 0.236 e. The number of hydrogen-bond donors (Lipinski definition) is 2. The van der Waals surface area contributed by atoms with Crippen LogP contribution >= 0.6 is 0 Å². The molecule has 0 atom stereocenters. The van der Waals surface area contributed by atoms with Gasteiger partial charge in [-0.25, -0.2) is 9.98 Å². The van der Waals surface area contributed by atoms with Crippen LogP contribution in [-0.2, 0) is 11.3 Å². The molecule has 1 aliphatic heterocycles. The summed E-state index contributed by atoms with van der Waals surface area (Å²) in [6.45, 7) is 5.76. The van der Waals surface area contributed by atoms with Gasteiger partial charge in [0.15, 0.2) is 5.96 Å². The number of likely N-dealkylation sites (N-methyl/N-ethyl adjacent to an activating group) is 1. The number of hydrogen-bond acceptors (Lipinski definition) is 5. The Morgan fingerprint density at radius 2 is 1.96 bits per heavy atom. The van der Waals surface area contributed by atoms with E-state index in [2.05, 4.69) is 27.4 Å². The zero-order valence-corrected chi connectivity index (χ0v) is 17.9. The molecule has 8 nitrogen and oxygen atoms in total. The number of guanidine groups is 1. The van der Waals surface area contributed by atoms with E-state index in [1.54, 1.807) is 19.0 Å². The highest BCUT2D eigenvalue weighted by Crippen LogP contribution is 2.11. The van der Waals surface area contributed by atoms with Gasteiger partial charge in [0.2, 0.25) is 5.91 Å². The van der Waals surface area contributed by atoms with Crippen molar-refractivity contribution in [2.75, 3.05) is 59.3 Å². The lowest BCUT2D eigenvalue weighted by molar-refractivity contribution is -0.130. The average molecular weight is 390 g/mol. The van der Waals surface area contributed by atoms with E-state index in [4.69, 9.17) is 4.99 Å². The van der Waals surface area contributed by atoms with Crippen molar-refractivity contribution >= 4 is 17.7 Å². The molecular weight excluding hydrogens is 354 g/mol. The molecule has 1 aliphatic rings. The second kappa shape index (κ2) is 10.8. The van der Waals surface area contributed by atoms with Crippen molar-refractivity contribution in [3.05, 3.63) is 23.9 Å². The molecule has 0 aromatic carbocycles. The number of likely N-dealkylation sites (tertiary alicyclic amines) is 1. The largest absolute Gasteiger partial charge is 0.363 e. The van der Waals surface area contributed by atoms with Gasteiger partial charge in [0.05, 0.1) is 18.8 Å². The number of carbonyl (C=O) groups is 1. The van der Waals surface area contributed by atoms with E-state index < -0.39 is 0 Å². The van der Waals surface area contributed by atoms with Crippen molar-refractivity contribution in [1.82, 2.24) is 25.4 Å². The van der Waals surface area contributed by atoms with Crippen LogP contribution in [0.2, 0.25) is 0 Å². The molecule has 1 aromatic rings. The Bertz CT molecular complexity index is 652. The van der Waals surface area contributed by atoms with Crippen LogP contribution in [0.1, 0.15) is 25.5 Å². The number of nitrogens with zero attached hydrogens (tertiary/aromatic N) is 5. The summed E-state index contributed by atoms with van der Waals surface area (Å²) >= 11 is 0. The lowest BCUT2D eigenvalue weighted by Gasteiger charge is -2.33. The normalized spacial score (nSPS) is 16.0. The molecule has 0 spiro atoms. The van der Waals surface area contributed by atoms with Crippen molar-refractivity contribution in [3.8, 4) is 0 Å². The van der Waals surface area contributed by atoms with E-state index in [1.165, 1.54) is 0 Å². The van der Waals surface area contributed by atoms with Crippen LogP contribution in [0, 0.1) is 0 Å². The van der Waals surface area contributed by atoms with Gasteiger partial charge in [0.25, 0.3) is 0 Å². The molecule has 0 radical (unpaired) electrons. The van der Waals surface area contributed by atoms with E-state index in [0.717, 1.165) is 49.9 Å². The molecule has 8 heteroatoms. The Balaban J connectivity index is 1.88. The summed E-state index contributed by atoms with van der Waals surface area (Å²) in [6, 6.07) is 6.37. The van der Waals surface area contributed by atoms with Gasteiger partial charge >= 0.3 is 0 Å². The number of aliphatic imine (C=N–C) groups is 1. The molecule has 1 saturated heterocycles. The van der Waals surface area contributed by atoms with Gasteiger partial charge in [-0.2, -0.15) is 0 Å². The van der Waals surface area contributed by atoms with Crippen molar-refractivity contribution in [2.24, 2.45) is 4.99 Å². The summed E-state index contributed by atoms with van der Waals surface area (Å²) in [5.74, 6) is 1.92. The molecule has 28 heavy (non-hydrogen) atoms. The maximum Gasteiger partial charge on any atom is 0.236 e. The van der Waals surface area contributed by atoms with Gasteiger partial charge in [-0.05, 0) is 31.9 Å². The van der Waals surface area contributed by atoms with Crippen molar-refractivity contribution in [1.29, 1.82) is 0 Å². The van der Waals surface area contributed by atoms with Gasteiger partial charge in [0.1, 0.15) is 5.82 Å². The summed E-state index contributed by atoms with van der Waals surface area (Å²) < 4.78 is 0. The first-order valence-corrected chi connectivity index (χ1v) is 9.99. The number of nitrogens with one attached hydrogen (secondary N) is 2. The van der Waals surface area contributed by atoms with Crippen LogP contribution in [-0.4, -0.2) is 87.1 Å². The summed E-state index contributed by atoms with van der Waals surface area (Å²) in [5.41, 5.74) is 0.945. The number of amides is 1. The molecular formula is C20H35N7O. The first-order chi connectivity index (χ1) is 13.4. The molecule has 0 unspecified atom stereocenters. The molecule has 1 aromatic heterocycles. The summed E-state index contributed by atoms with van der Waals surface area (Å²) in [6.07, 6.45) is 2.00. The number of pyridine rings is 1. The fourth-order valence-electron chi connectivity index (χ4n) is 3.05. The van der Waals surface area contributed by atoms with Crippen molar-refractivity contribution in [3.63, 3.8) is 0 Å². The van der Waals surface area contributed by atoms with Crippen LogP contribution in [0.25, 0.3) is 0 Å². The molecule has 0 aliphatic carbocycles. The third kappa shape index (κ3) is 6.99. The van der Waals surface area contributed by atoms with E-state index in [0.29, 0.717) is 19.1 Å². The van der Waals surface area contributed by atoms with Crippen molar-refractivity contribution in [2.45, 2.75) is 32.4 Å². The molecule has 1 fully saturated rings. The van der Waals surface area contributed by atoms with Crippen LogP contribution in [0.15, 0.2) is 23.2 Å². The maximum atomic E-state index is 11.9. The predicted molar refractivity (Wildman–Crippen MR) is 115 cm³/mol. The van der Waals surface area contributed by atoms with Crippen LogP contribution in [0.5, 0.6) is 0 Å². The van der Waals surface area contributed by atoms with Crippen LogP contribution in [0.3, 0.4) is 0 Å². The summed E-state index contributed by atoms with van der Waals surface area (Å²) in [5, 5.41) is 6.86. The minimum atomic E-state index is 0.161. The SMILES string of the molecule is CCNC(=NCc1cccc(N(C)C)n1)NC1CCN(CC(=O)N(C)C)CC1. The highest BCUT2D eigenvalue weighted by molar-refractivity contribution is 5.80. The topological polar surface area (TPSA) is 76.1 Å². The Morgan fingerprint density at radius 1 is 1.25 bits per heavy atom. The van der Waals surface area contributed by atoms with Crippen LogP contribution < -0.4 is 15.5 Å². The number of aromatic nitrogens is 1. The lowest BCUT2D eigenvalue weighted by Crippen LogP contribution is -2.50. The lowest BCUT2D eigenvalue weighted by atomic mass is 10.1. The number of rotatable bonds is 7.